The first kappa shape index (κ1) is 38.8. The van der Waals surface area contributed by atoms with Crippen LogP contribution in [-0.2, 0) is 36.8 Å². The number of aliphatic hydroxyl groups excluding tert-OH is 6. The van der Waals surface area contributed by atoms with Gasteiger partial charge in [0, 0.05) is 12.3 Å². The molecule has 10 N–H and O–H groups in total. The van der Waals surface area contributed by atoms with Crippen LogP contribution in [0.3, 0.4) is 0 Å². The number of ether oxygens (including phenoxy) is 1. The van der Waals surface area contributed by atoms with Crippen molar-refractivity contribution < 1.29 is 82.3 Å². The molecule has 5 unspecified atom stereocenters. The number of nitrogens with zero attached hydrogens (tertiary/aromatic N) is 1. The number of carboxylic acids is 1. The summed E-state index contributed by atoms with van der Waals surface area (Å²) in [7, 11) is -9.99. The molecule has 0 amide bonds. The fourth-order valence-electron chi connectivity index (χ4n) is 3.25. The molecule has 1 aromatic heterocycles. The van der Waals surface area contributed by atoms with Gasteiger partial charge < -0.3 is 55.1 Å². The number of aromatic amines is 1. The van der Waals surface area contributed by atoms with E-state index in [1.807, 2.05) is 11.9 Å². The van der Waals surface area contributed by atoms with E-state index in [1.54, 1.807) is 0 Å². The lowest BCUT2D eigenvalue weighted by Gasteiger charge is -2.21. The molecule has 2 rings (SSSR count). The standard InChI is InChI=1S/C14H24N2O12P2.C6H10O7/c1-2-3-4-7-25-30(24,28-29(21,22)23)26-8-9-11(18)12(19)13(27-9)16-6-5-10(17)15-14(16)20;7-1-2(8)3(9)4(10)5(11)6(12)13/h5-6,9,11-13,18-19H,2-4,7-8H2,1H3,(H,15,17,20)(H2,21,22,23);1-5,8-11H,(H,12,13)/t9-,11-,12-,13-,30?;/m1./s1. The number of aldehydes is 1. The van der Waals surface area contributed by atoms with Gasteiger partial charge in [-0.2, -0.15) is 4.31 Å². The van der Waals surface area contributed by atoms with Crippen molar-refractivity contribution in [1.29, 1.82) is 0 Å². The number of rotatable bonds is 16. The lowest BCUT2D eigenvalue weighted by molar-refractivity contribution is -0.163. The highest BCUT2D eigenvalue weighted by atomic mass is 31.3. The normalized spacial score (nSPS) is 24.6. The van der Waals surface area contributed by atoms with Gasteiger partial charge in [0.15, 0.2) is 18.6 Å². The number of nitrogens with one attached hydrogen (secondary N) is 1. The first-order chi connectivity index (χ1) is 19.9. The average Bonchev–Trinajstić information content (AvgIpc) is 3.20. The predicted molar refractivity (Wildman–Crippen MR) is 137 cm³/mol. The van der Waals surface area contributed by atoms with Crippen LogP contribution in [0.15, 0.2) is 21.9 Å². The first-order valence-electron chi connectivity index (χ1n) is 12.3. The van der Waals surface area contributed by atoms with Gasteiger partial charge in [0.2, 0.25) is 0 Å². The number of unbranched alkanes of at least 4 members (excludes halogenated alkanes) is 2. The zero-order chi connectivity index (χ0) is 33.1. The highest BCUT2D eigenvalue weighted by Gasteiger charge is 2.46. The van der Waals surface area contributed by atoms with Crippen molar-refractivity contribution in [2.75, 3.05) is 13.2 Å². The highest BCUT2D eigenvalue weighted by molar-refractivity contribution is 7.61. The Balaban J connectivity index is 0.000000599. The average molecular weight is 668 g/mol. The topological polar surface area (TPSA) is 342 Å². The minimum Gasteiger partial charge on any atom is -0.479 e. The van der Waals surface area contributed by atoms with Gasteiger partial charge in [0.1, 0.15) is 36.6 Å². The number of H-pyrrole nitrogens is 1. The summed E-state index contributed by atoms with van der Waals surface area (Å²) in [6, 6.07) is 1.000. The number of carboxylic acid groups (broad SMARTS) is 1. The number of aliphatic carboxylic acids is 1. The van der Waals surface area contributed by atoms with E-state index in [4.69, 9.17) is 49.1 Å². The molecule has 1 saturated heterocycles. The van der Waals surface area contributed by atoms with Crippen LogP contribution in [0, 0.1) is 0 Å². The molecule has 0 bridgehead atoms. The summed E-state index contributed by atoms with van der Waals surface area (Å²) in [5.74, 6) is -1.76. The summed E-state index contributed by atoms with van der Waals surface area (Å²) in [6.07, 6.45) is -11.5. The van der Waals surface area contributed by atoms with Gasteiger partial charge >= 0.3 is 27.3 Å². The molecule has 43 heavy (non-hydrogen) atoms. The number of carbonyl (C=O) groups excluding carboxylic acids is 1. The van der Waals surface area contributed by atoms with Gasteiger partial charge in [-0.15, -0.1) is 0 Å². The summed E-state index contributed by atoms with van der Waals surface area (Å²) in [4.78, 5) is 62.8. The minimum atomic E-state index is -5.25. The molecule has 248 valence electrons. The molecule has 0 spiro atoms. The third-order valence-corrected chi connectivity index (χ3v) is 8.09. The Morgan fingerprint density at radius 2 is 1.72 bits per heavy atom. The molecule has 1 aliphatic rings. The molecule has 2 heterocycles. The van der Waals surface area contributed by atoms with E-state index < -0.39 is 88.4 Å². The quantitative estimate of drug-likeness (QED) is 0.0460. The second kappa shape index (κ2) is 17.3. The molecule has 1 aromatic rings. The summed E-state index contributed by atoms with van der Waals surface area (Å²) in [5.41, 5.74) is -1.59. The maximum atomic E-state index is 12.5. The van der Waals surface area contributed by atoms with Crippen molar-refractivity contribution in [1.82, 2.24) is 9.55 Å². The summed E-state index contributed by atoms with van der Waals surface area (Å²) >= 11 is 0. The van der Waals surface area contributed by atoms with Crippen LogP contribution in [0.1, 0.15) is 32.4 Å². The van der Waals surface area contributed by atoms with Crippen LogP contribution < -0.4 is 11.2 Å². The third kappa shape index (κ3) is 12.4. The maximum Gasteiger partial charge on any atom is 0.483 e. The summed E-state index contributed by atoms with van der Waals surface area (Å²) < 4.78 is 43.8. The number of aliphatic hydroxyl groups is 6. The minimum absolute atomic E-state index is 0.0809. The molecule has 0 saturated carbocycles. The van der Waals surface area contributed by atoms with Crippen LogP contribution in [0.4, 0.5) is 0 Å². The summed E-state index contributed by atoms with van der Waals surface area (Å²) in [5, 5.41) is 63.5. The van der Waals surface area contributed by atoms with Gasteiger partial charge in [0.05, 0.1) is 13.2 Å². The Morgan fingerprint density at radius 3 is 2.23 bits per heavy atom. The smallest absolute Gasteiger partial charge is 0.479 e. The molecule has 21 nitrogen and oxygen atoms in total. The SMILES string of the molecule is CCCCCOP(=O)(OC[C@H]1O[C@@H](n2ccc(=O)[nH]c2=O)[C@H](O)[C@@H]1O)OP(=O)(O)O.O=CC(O)C(O)C(O)C(O)C(=O)O. The van der Waals surface area contributed by atoms with Crippen molar-refractivity contribution in [3.8, 4) is 0 Å². The fraction of sp³-hybridized carbons (Fsp3) is 0.700. The Morgan fingerprint density at radius 1 is 1.09 bits per heavy atom. The Labute approximate surface area is 241 Å². The Bertz CT molecular complexity index is 1250. The number of hydrogen-bond donors (Lipinski definition) is 10. The molecule has 1 aliphatic heterocycles. The van der Waals surface area contributed by atoms with Crippen LogP contribution >= 0.6 is 15.6 Å². The predicted octanol–water partition coefficient (Wildman–Crippen LogP) is -3.69. The second-order valence-corrected chi connectivity index (χ2v) is 11.9. The molecule has 0 radical (unpaired) electrons. The molecular weight excluding hydrogens is 634 g/mol. The number of phosphoric ester groups is 1. The van der Waals surface area contributed by atoms with Crippen molar-refractivity contribution in [3.63, 3.8) is 0 Å². The van der Waals surface area contributed by atoms with Crippen molar-refractivity contribution >= 4 is 27.9 Å². The van der Waals surface area contributed by atoms with Gasteiger partial charge in [-0.3, -0.25) is 23.4 Å². The van der Waals surface area contributed by atoms with Crippen LogP contribution in [0.25, 0.3) is 0 Å². The van der Waals surface area contributed by atoms with Gasteiger partial charge in [0.25, 0.3) is 5.56 Å². The van der Waals surface area contributed by atoms with Gasteiger partial charge in [-0.05, 0) is 6.42 Å². The monoisotopic (exact) mass is 668 g/mol. The molecular formula is C20H34N2O19P2. The number of phosphoric acid groups is 2. The Hall–Kier alpha value is -2.20. The van der Waals surface area contributed by atoms with E-state index >= 15 is 0 Å². The van der Waals surface area contributed by atoms with Crippen LogP contribution in [0.5, 0.6) is 0 Å². The van der Waals surface area contributed by atoms with E-state index in [0.717, 1.165) is 23.3 Å². The van der Waals surface area contributed by atoms with E-state index in [2.05, 4.69) is 4.31 Å². The van der Waals surface area contributed by atoms with E-state index in [1.165, 1.54) is 0 Å². The zero-order valence-corrected chi connectivity index (χ0v) is 24.1. The first-order valence-corrected chi connectivity index (χ1v) is 15.3. The largest absolute Gasteiger partial charge is 0.483 e. The second-order valence-electron chi connectivity index (χ2n) is 8.81. The number of hydrogen-bond acceptors (Lipinski definition) is 16. The van der Waals surface area contributed by atoms with Crippen LogP contribution in [-0.4, -0.2) is 123 Å². The molecule has 0 aromatic carbocycles. The zero-order valence-electron chi connectivity index (χ0n) is 22.3. The highest BCUT2D eigenvalue weighted by Crippen LogP contribution is 2.61. The molecule has 1 fully saturated rings. The van der Waals surface area contributed by atoms with Crippen molar-refractivity contribution in [3.05, 3.63) is 33.1 Å². The molecule has 0 aliphatic carbocycles. The lowest BCUT2D eigenvalue weighted by Crippen LogP contribution is -2.48. The number of carbonyl (C=O) groups is 2. The molecule has 23 heteroatoms. The third-order valence-electron chi connectivity index (χ3n) is 5.48. The summed E-state index contributed by atoms with van der Waals surface area (Å²) in [6.45, 7) is 0.978. The molecule has 9 atom stereocenters. The van der Waals surface area contributed by atoms with Gasteiger partial charge in [-0.25, -0.2) is 18.7 Å². The van der Waals surface area contributed by atoms with Crippen LogP contribution in [0.2, 0.25) is 0 Å². The Kier molecular flexibility index (Phi) is 15.6. The van der Waals surface area contributed by atoms with Crippen molar-refractivity contribution in [2.24, 2.45) is 0 Å². The van der Waals surface area contributed by atoms with E-state index in [9.17, 15) is 38.5 Å². The maximum absolute atomic E-state index is 12.5. The lowest BCUT2D eigenvalue weighted by atomic mass is 10.0. The number of aromatic nitrogens is 2. The van der Waals surface area contributed by atoms with E-state index in [-0.39, 0.29) is 12.9 Å². The van der Waals surface area contributed by atoms with Gasteiger partial charge in [-0.1, -0.05) is 19.8 Å². The van der Waals surface area contributed by atoms with E-state index in [0.29, 0.717) is 12.8 Å². The van der Waals surface area contributed by atoms with Crippen molar-refractivity contribution in [2.45, 2.75) is 75.1 Å². The fourth-order valence-corrected chi connectivity index (χ4v) is 5.42.